The molecule has 0 fully saturated rings. The van der Waals surface area contributed by atoms with Crippen molar-refractivity contribution in [2.75, 3.05) is 20.2 Å². The maximum absolute atomic E-state index is 11.9. The Kier molecular flexibility index (Phi) is 5.21. The van der Waals surface area contributed by atoms with Gasteiger partial charge in [0.05, 0.1) is 24.9 Å². The first-order valence-corrected chi connectivity index (χ1v) is 5.99. The highest BCUT2D eigenvalue weighted by atomic mass is 79.9. The van der Waals surface area contributed by atoms with Crippen molar-refractivity contribution < 1.29 is 18.7 Å². The Balaban J connectivity index is 2.48. The molecule has 94 valence electrons. The van der Waals surface area contributed by atoms with Gasteiger partial charge < -0.3 is 14.1 Å². The summed E-state index contributed by atoms with van der Waals surface area (Å²) in [6.45, 7) is 2.41. The third kappa shape index (κ3) is 3.89. The fourth-order valence-electron chi connectivity index (χ4n) is 1.25. The van der Waals surface area contributed by atoms with Crippen LogP contribution in [0.3, 0.4) is 0 Å². The number of ether oxygens (including phenoxy) is 1. The van der Waals surface area contributed by atoms with Crippen molar-refractivity contribution in [1.82, 2.24) is 4.90 Å². The fourth-order valence-corrected chi connectivity index (χ4v) is 1.66. The van der Waals surface area contributed by atoms with Gasteiger partial charge >= 0.3 is 5.97 Å². The van der Waals surface area contributed by atoms with Gasteiger partial charge in [0, 0.05) is 13.6 Å². The molecule has 0 saturated heterocycles. The summed E-state index contributed by atoms with van der Waals surface area (Å²) < 4.78 is 10.2. The Hall–Kier alpha value is -1.30. The molecular formula is C11H14BrNO4. The highest BCUT2D eigenvalue weighted by molar-refractivity contribution is 9.10. The summed E-state index contributed by atoms with van der Waals surface area (Å²) in [5, 5.41) is 0. The van der Waals surface area contributed by atoms with Gasteiger partial charge in [0.2, 0.25) is 0 Å². The molecule has 5 nitrogen and oxygen atoms in total. The predicted molar refractivity (Wildman–Crippen MR) is 64.6 cm³/mol. The number of amides is 1. The average Bonchev–Trinajstić information content (AvgIpc) is 2.71. The Morgan fingerprint density at radius 1 is 1.53 bits per heavy atom. The molecule has 0 bridgehead atoms. The van der Waals surface area contributed by atoms with E-state index in [9.17, 15) is 9.59 Å². The summed E-state index contributed by atoms with van der Waals surface area (Å²) in [6, 6.07) is 1.58. The molecule has 0 aliphatic heterocycles. The van der Waals surface area contributed by atoms with Gasteiger partial charge in [0.25, 0.3) is 5.91 Å². The first-order valence-electron chi connectivity index (χ1n) is 5.20. The van der Waals surface area contributed by atoms with Crippen LogP contribution in [0.1, 0.15) is 23.7 Å². The Labute approximate surface area is 108 Å². The molecule has 0 aromatic carbocycles. The van der Waals surface area contributed by atoms with Crippen LogP contribution >= 0.6 is 15.9 Å². The Bertz CT molecular complexity index is 402. The normalized spacial score (nSPS) is 10.1. The standard InChI is InChI=1S/C11H14BrNO4/c1-3-16-9(14)4-6-13(2)11(15)8-5-7-17-10(8)12/h5,7H,3-4,6H2,1-2H3. The molecule has 0 N–H and O–H groups in total. The van der Waals surface area contributed by atoms with Crippen molar-refractivity contribution in [2.45, 2.75) is 13.3 Å². The zero-order valence-corrected chi connectivity index (χ0v) is 11.3. The van der Waals surface area contributed by atoms with Gasteiger partial charge in [-0.3, -0.25) is 9.59 Å². The zero-order chi connectivity index (χ0) is 12.8. The highest BCUT2D eigenvalue weighted by Gasteiger charge is 2.17. The Morgan fingerprint density at radius 2 is 2.24 bits per heavy atom. The number of esters is 1. The van der Waals surface area contributed by atoms with Gasteiger partial charge in [0.15, 0.2) is 4.67 Å². The second-order valence-electron chi connectivity index (χ2n) is 3.39. The topological polar surface area (TPSA) is 59.8 Å². The lowest BCUT2D eigenvalue weighted by atomic mass is 10.3. The van der Waals surface area contributed by atoms with Crippen LogP contribution in [0, 0.1) is 0 Å². The van der Waals surface area contributed by atoms with Crippen LogP contribution < -0.4 is 0 Å². The van der Waals surface area contributed by atoms with E-state index in [0.29, 0.717) is 23.4 Å². The van der Waals surface area contributed by atoms with Crippen LogP contribution in [0.2, 0.25) is 0 Å². The van der Waals surface area contributed by atoms with Gasteiger partial charge in [-0.05, 0) is 28.9 Å². The number of halogens is 1. The van der Waals surface area contributed by atoms with E-state index in [1.54, 1.807) is 20.0 Å². The minimum atomic E-state index is -0.307. The molecule has 0 unspecified atom stereocenters. The van der Waals surface area contributed by atoms with Gasteiger partial charge in [-0.25, -0.2) is 0 Å². The monoisotopic (exact) mass is 303 g/mol. The number of carbonyl (C=O) groups excluding carboxylic acids is 2. The maximum atomic E-state index is 11.9. The number of nitrogens with zero attached hydrogens (tertiary/aromatic N) is 1. The average molecular weight is 304 g/mol. The minimum Gasteiger partial charge on any atom is -0.466 e. The van der Waals surface area contributed by atoms with Gasteiger partial charge in [-0.1, -0.05) is 0 Å². The van der Waals surface area contributed by atoms with E-state index in [-0.39, 0.29) is 18.3 Å². The van der Waals surface area contributed by atoms with E-state index in [4.69, 9.17) is 9.15 Å². The third-order valence-electron chi connectivity index (χ3n) is 2.15. The van der Waals surface area contributed by atoms with Crippen LogP contribution in [0.25, 0.3) is 0 Å². The summed E-state index contributed by atoms with van der Waals surface area (Å²) in [7, 11) is 1.63. The number of furan rings is 1. The number of carbonyl (C=O) groups is 2. The molecule has 0 saturated carbocycles. The molecule has 0 aliphatic rings. The predicted octanol–water partition coefficient (Wildman–Crippen LogP) is 2.07. The summed E-state index contributed by atoms with van der Waals surface area (Å²) in [6.07, 6.45) is 1.61. The summed E-state index contributed by atoms with van der Waals surface area (Å²) in [5.41, 5.74) is 0.441. The zero-order valence-electron chi connectivity index (χ0n) is 9.73. The maximum Gasteiger partial charge on any atom is 0.307 e. The number of rotatable bonds is 5. The second-order valence-corrected chi connectivity index (χ2v) is 4.11. The molecule has 1 aromatic heterocycles. The van der Waals surface area contributed by atoms with E-state index < -0.39 is 0 Å². The fraction of sp³-hybridized carbons (Fsp3) is 0.455. The highest BCUT2D eigenvalue weighted by Crippen LogP contribution is 2.18. The van der Waals surface area contributed by atoms with Gasteiger partial charge in [0.1, 0.15) is 0 Å². The lowest BCUT2D eigenvalue weighted by Crippen LogP contribution is -2.29. The van der Waals surface area contributed by atoms with Crippen molar-refractivity contribution in [3.05, 3.63) is 22.6 Å². The minimum absolute atomic E-state index is 0.186. The molecule has 1 aromatic rings. The van der Waals surface area contributed by atoms with E-state index >= 15 is 0 Å². The quantitative estimate of drug-likeness (QED) is 0.781. The molecule has 0 spiro atoms. The molecule has 1 amide bonds. The summed E-state index contributed by atoms with van der Waals surface area (Å²) in [4.78, 5) is 24.5. The van der Waals surface area contributed by atoms with E-state index in [1.807, 2.05) is 0 Å². The van der Waals surface area contributed by atoms with Crippen LogP contribution in [-0.4, -0.2) is 37.0 Å². The smallest absolute Gasteiger partial charge is 0.307 e. The van der Waals surface area contributed by atoms with Crippen molar-refractivity contribution in [1.29, 1.82) is 0 Å². The van der Waals surface area contributed by atoms with Crippen LogP contribution in [0.5, 0.6) is 0 Å². The molecule has 1 heterocycles. The molecular weight excluding hydrogens is 290 g/mol. The van der Waals surface area contributed by atoms with E-state index in [2.05, 4.69) is 15.9 Å². The van der Waals surface area contributed by atoms with Crippen molar-refractivity contribution in [3.8, 4) is 0 Å². The first kappa shape index (κ1) is 13.8. The number of hydrogen-bond acceptors (Lipinski definition) is 4. The molecule has 0 atom stereocenters. The van der Waals surface area contributed by atoms with Crippen LogP contribution in [0.15, 0.2) is 21.4 Å². The molecule has 0 aliphatic carbocycles. The van der Waals surface area contributed by atoms with E-state index in [0.717, 1.165) is 0 Å². The molecule has 1 rings (SSSR count). The third-order valence-corrected chi connectivity index (χ3v) is 2.77. The Morgan fingerprint density at radius 3 is 2.76 bits per heavy atom. The number of hydrogen-bond donors (Lipinski definition) is 0. The largest absolute Gasteiger partial charge is 0.466 e. The lowest BCUT2D eigenvalue weighted by molar-refractivity contribution is -0.143. The van der Waals surface area contributed by atoms with Crippen molar-refractivity contribution >= 4 is 27.8 Å². The first-order chi connectivity index (χ1) is 8.06. The second kappa shape index (κ2) is 6.44. The summed E-state index contributed by atoms with van der Waals surface area (Å²) >= 11 is 3.13. The molecule has 17 heavy (non-hydrogen) atoms. The van der Waals surface area contributed by atoms with Crippen molar-refractivity contribution in [2.24, 2.45) is 0 Å². The van der Waals surface area contributed by atoms with Crippen LogP contribution in [0.4, 0.5) is 0 Å². The van der Waals surface area contributed by atoms with Crippen LogP contribution in [-0.2, 0) is 9.53 Å². The molecule has 0 radical (unpaired) electrons. The lowest BCUT2D eigenvalue weighted by Gasteiger charge is -2.15. The summed E-state index contributed by atoms with van der Waals surface area (Å²) in [5.74, 6) is -0.506. The molecule has 6 heteroatoms. The van der Waals surface area contributed by atoms with Crippen molar-refractivity contribution in [3.63, 3.8) is 0 Å². The van der Waals surface area contributed by atoms with E-state index in [1.165, 1.54) is 11.2 Å². The van der Waals surface area contributed by atoms with Gasteiger partial charge in [-0.2, -0.15) is 0 Å². The SMILES string of the molecule is CCOC(=O)CCN(C)C(=O)c1ccoc1Br. The van der Waals surface area contributed by atoms with Gasteiger partial charge in [-0.15, -0.1) is 0 Å².